The maximum absolute atomic E-state index is 12.8. The van der Waals surface area contributed by atoms with E-state index in [0.717, 1.165) is 10.4 Å². The highest BCUT2D eigenvalue weighted by atomic mass is 32.1. The number of hydrogen-bond acceptors (Lipinski definition) is 3. The lowest BCUT2D eigenvalue weighted by molar-refractivity contribution is -0.123. The van der Waals surface area contributed by atoms with Crippen LogP contribution in [0.2, 0.25) is 0 Å². The van der Waals surface area contributed by atoms with E-state index in [1.165, 1.54) is 5.56 Å². The molecule has 0 aliphatic rings. The zero-order valence-electron chi connectivity index (χ0n) is 14.2. The zero-order valence-corrected chi connectivity index (χ0v) is 15.0. The van der Waals surface area contributed by atoms with Crippen LogP contribution in [-0.4, -0.2) is 5.91 Å². The van der Waals surface area contributed by atoms with Crippen molar-refractivity contribution in [2.75, 3.05) is 0 Å². The van der Waals surface area contributed by atoms with E-state index in [4.69, 9.17) is 0 Å². The van der Waals surface area contributed by atoms with Gasteiger partial charge in [-0.3, -0.25) is 10.1 Å². The summed E-state index contributed by atoms with van der Waals surface area (Å²) in [6.07, 6.45) is 0. The van der Waals surface area contributed by atoms with Gasteiger partial charge in [0.25, 0.3) is 0 Å². The van der Waals surface area contributed by atoms with Gasteiger partial charge in [0.05, 0.1) is 0 Å². The Hall–Kier alpha value is -2.43. The molecule has 1 heterocycles. The summed E-state index contributed by atoms with van der Waals surface area (Å²) in [5.74, 6) is -0.00548. The molecule has 0 bridgehead atoms. The third-order valence-electron chi connectivity index (χ3n) is 4.12. The third-order valence-corrected chi connectivity index (χ3v) is 5.05. The third kappa shape index (κ3) is 4.78. The summed E-state index contributed by atoms with van der Waals surface area (Å²) in [4.78, 5) is 13.8. The van der Waals surface area contributed by atoms with Crippen LogP contribution in [0.4, 0.5) is 0 Å². The van der Waals surface area contributed by atoms with Gasteiger partial charge in [-0.25, -0.2) is 0 Å². The van der Waals surface area contributed by atoms with Gasteiger partial charge >= 0.3 is 0 Å². The minimum Gasteiger partial charge on any atom is -0.350 e. The highest BCUT2D eigenvalue weighted by molar-refractivity contribution is 7.10. The number of amides is 1. The lowest BCUT2D eigenvalue weighted by atomic mass is 10.1. The maximum atomic E-state index is 12.8. The van der Waals surface area contributed by atoms with Crippen LogP contribution in [0, 0.1) is 0 Å². The van der Waals surface area contributed by atoms with Crippen LogP contribution in [0.25, 0.3) is 0 Å². The second kappa shape index (κ2) is 8.60. The zero-order chi connectivity index (χ0) is 17.5. The minimum absolute atomic E-state index is 0.00548. The molecule has 2 aromatic carbocycles. The molecule has 0 saturated carbocycles. The molecule has 1 amide bonds. The number of hydrogen-bond donors (Lipinski definition) is 2. The summed E-state index contributed by atoms with van der Waals surface area (Å²) >= 11 is 1.59. The average Bonchev–Trinajstić information content (AvgIpc) is 3.20. The summed E-state index contributed by atoms with van der Waals surface area (Å²) in [7, 11) is 0. The van der Waals surface area contributed by atoms with Crippen LogP contribution < -0.4 is 10.6 Å². The van der Waals surface area contributed by atoms with E-state index in [1.54, 1.807) is 11.3 Å². The first-order chi connectivity index (χ1) is 12.2. The van der Waals surface area contributed by atoms with Crippen molar-refractivity contribution in [3.05, 3.63) is 94.2 Å². The van der Waals surface area contributed by atoms with Crippen LogP contribution in [0.5, 0.6) is 0 Å². The molecule has 0 aliphatic carbocycles. The van der Waals surface area contributed by atoms with Crippen molar-refractivity contribution in [3.8, 4) is 0 Å². The molecule has 25 heavy (non-hydrogen) atoms. The van der Waals surface area contributed by atoms with Gasteiger partial charge in [0, 0.05) is 17.5 Å². The van der Waals surface area contributed by atoms with E-state index in [1.807, 2.05) is 66.0 Å². The van der Waals surface area contributed by atoms with Crippen molar-refractivity contribution < 1.29 is 4.79 Å². The molecule has 0 spiro atoms. The Bertz CT molecular complexity index is 772. The number of thiophene rings is 1. The van der Waals surface area contributed by atoms with Gasteiger partial charge in [-0.15, -0.1) is 11.3 Å². The Labute approximate surface area is 152 Å². The summed E-state index contributed by atoms with van der Waals surface area (Å²) in [5, 5.41) is 8.52. The monoisotopic (exact) mass is 350 g/mol. The molecule has 3 nitrogen and oxygen atoms in total. The second-order valence-electron chi connectivity index (χ2n) is 5.95. The van der Waals surface area contributed by atoms with E-state index >= 15 is 0 Å². The standard InChI is InChI=1S/C21H22N2OS/c1-16(18-11-6-3-7-12-18)23-20(19-13-8-14-25-19)21(24)22-15-17-9-4-2-5-10-17/h2-14,16,20,23H,15H2,1H3,(H,22,24)/t16-,20?/m0/s1. The second-order valence-corrected chi connectivity index (χ2v) is 6.93. The van der Waals surface area contributed by atoms with E-state index in [0.29, 0.717) is 6.54 Å². The van der Waals surface area contributed by atoms with Crippen LogP contribution in [-0.2, 0) is 11.3 Å². The van der Waals surface area contributed by atoms with Crippen molar-refractivity contribution in [1.82, 2.24) is 10.6 Å². The van der Waals surface area contributed by atoms with Crippen LogP contribution in [0.1, 0.15) is 35.0 Å². The highest BCUT2D eigenvalue weighted by Gasteiger charge is 2.23. The van der Waals surface area contributed by atoms with Gasteiger partial charge in [-0.2, -0.15) is 0 Å². The van der Waals surface area contributed by atoms with Gasteiger partial charge in [-0.1, -0.05) is 66.7 Å². The Balaban J connectivity index is 1.70. The largest absolute Gasteiger partial charge is 0.350 e. The predicted octanol–water partition coefficient (Wildman–Crippen LogP) is 4.46. The topological polar surface area (TPSA) is 41.1 Å². The molecular weight excluding hydrogens is 328 g/mol. The molecule has 0 fully saturated rings. The first-order valence-electron chi connectivity index (χ1n) is 8.40. The summed E-state index contributed by atoms with van der Waals surface area (Å²) < 4.78 is 0. The molecule has 1 unspecified atom stereocenters. The molecule has 2 N–H and O–H groups in total. The normalized spacial score (nSPS) is 13.2. The average molecular weight is 350 g/mol. The molecule has 128 valence electrons. The SMILES string of the molecule is C[C@H](NC(C(=O)NCc1ccccc1)c1cccs1)c1ccccc1. The van der Waals surface area contributed by atoms with Crippen LogP contribution in [0.15, 0.2) is 78.2 Å². The lowest BCUT2D eigenvalue weighted by Crippen LogP contribution is -2.38. The Morgan fingerprint density at radius 3 is 2.28 bits per heavy atom. The van der Waals surface area contributed by atoms with Crippen molar-refractivity contribution in [2.45, 2.75) is 25.6 Å². The van der Waals surface area contributed by atoms with Crippen LogP contribution in [0.3, 0.4) is 0 Å². The quantitative estimate of drug-likeness (QED) is 0.661. The molecule has 1 aromatic heterocycles. The van der Waals surface area contributed by atoms with E-state index in [2.05, 4.69) is 29.7 Å². The molecule has 3 rings (SSSR count). The Kier molecular flexibility index (Phi) is 5.99. The summed E-state index contributed by atoms with van der Waals surface area (Å²) in [6, 6.07) is 23.8. The minimum atomic E-state index is -0.362. The molecule has 0 saturated heterocycles. The first-order valence-corrected chi connectivity index (χ1v) is 9.28. The van der Waals surface area contributed by atoms with Crippen molar-refractivity contribution in [1.29, 1.82) is 0 Å². The molecule has 0 aliphatic heterocycles. The smallest absolute Gasteiger partial charge is 0.242 e. The van der Waals surface area contributed by atoms with Gasteiger partial charge in [0.2, 0.25) is 5.91 Å². The number of carbonyl (C=O) groups is 1. The van der Waals surface area contributed by atoms with Crippen molar-refractivity contribution >= 4 is 17.2 Å². The number of rotatable bonds is 7. The van der Waals surface area contributed by atoms with Crippen molar-refractivity contribution in [3.63, 3.8) is 0 Å². The van der Waals surface area contributed by atoms with Crippen molar-refractivity contribution in [2.24, 2.45) is 0 Å². The maximum Gasteiger partial charge on any atom is 0.242 e. The summed E-state index contributed by atoms with van der Waals surface area (Å²) in [6.45, 7) is 2.61. The van der Waals surface area contributed by atoms with Gasteiger partial charge < -0.3 is 5.32 Å². The number of benzene rings is 2. The van der Waals surface area contributed by atoms with E-state index in [9.17, 15) is 4.79 Å². The fraction of sp³-hybridized carbons (Fsp3) is 0.190. The fourth-order valence-corrected chi connectivity index (χ4v) is 3.50. The Morgan fingerprint density at radius 1 is 0.960 bits per heavy atom. The molecular formula is C21H22N2OS. The number of nitrogens with one attached hydrogen (secondary N) is 2. The van der Waals surface area contributed by atoms with Gasteiger partial charge in [0.15, 0.2) is 0 Å². The van der Waals surface area contributed by atoms with E-state index < -0.39 is 0 Å². The fourth-order valence-electron chi connectivity index (χ4n) is 2.72. The number of carbonyl (C=O) groups excluding carboxylic acids is 1. The lowest BCUT2D eigenvalue weighted by Gasteiger charge is -2.22. The highest BCUT2D eigenvalue weighted by Crippen LogP contribution is 2.23. The molecule has 4 heteroatoms. The first kappa shape index (κ1) is 17.4. The van der Waals surface area contributed by atoms with Gasteiger partial charge in [0.1, 0.15) is 6.04 Å². The molecule has 2 atom stereocenters. The van der Waals surface area contributed by atoms with E-state index in [-0.39, 0.29) is 18.0 Å². The molecule has 3 aromatic rings. The summed E-state index contributed by atoms with van der Waals surface area (Å²) in [5.41, 5.74) is 2.26. The Morgan fingerprint density at radius 2 is 1.64 bits per heavy atom. The van der Waals surface area contributed by atoms with Gasteiger partial charge in [-0.05, 0) is 29.5 Å². The predicted molar refractivity (Wildman–Crippen MR) is 103 cm³/mol. The molecule has 0 radical (unpaired) electrons. The van der Waals surface area contributed by atoms with Crippen LogP contribution >= 0.6 is 11.3 Å².